The molecule has 2 aliphatic heterocycles. The Morgan fingerprint density at radius 2 is 2.04 bits per heavy atom. The zero-order valence-electron chi connectivity index (χ0n) is 14.7. The van der Waals surface area contributed by atoms with E-state index in [1.54, 1.807) is 17.0 Å². The predicted octanol–water partition coefficient (Wildman–Crippen LogP) is 3.37. The summed E-state index contributed by atoms with van der Waals surface area (Å²) in [5, 5.41) is 0. The molecule has 1 aromatic carbocycles. The lowest BCUT2D eigenvalue weighted by Crippen LogP contribution is -2.36. The molecule has 2 aliphatic rings. The number of para-hydroxylation sites is 1. The molecular weight excluding hydrogens is 358 g/mol. The van der Waals surface area contributed by atoms with Crippen molar-refractivity contribution in [3.63, 3.8) is 0 Å². The van der Waals surface area contributed by atoms with E-state index < -0.39 is 6.61 Å². The molecule has 0 radical (unpaired) electrons. The highest BCUT2D eigenvalue weighted by molar-refractivity contribution is 5.97. The lowest BCUT2D eigenvalue weighted by molar-refractivity contribution is -0.0503. The number of hydrogen-bond acceptors (Lipinski definition) is 5. The number of ether oxygens (including phenoxy) is 2. The van der Waals surface area contributed by atoms with E-state index in [9.17, 15) is 13.6 Å². The van der Waals surface area contributed by atoms with E-state index in [1.807, 2.05) is 0 Å². The van der Waals surface area contributed by atoms with Gasteiger partial charge in [0, 0.05) is 32.1 Å². The molecule has 4 rings (SSSR count). The number of benzene rings is 1. The minimum atomic E-state index is -2.98. The van der Waals surface area contributed by atoms with Gasteiger partial charge in [0.2, 0.25) is 0 Å². The third kappa shape index (κ3) is 3.80. The Morgan fingerprint density at radius 3 is 2.81 bits per heavy atom. The summed E-state index contributed by atoms with van der Waals surface area (Å²) in [6, 6.07) is 6.04. The number of hydrogen-bond donors (Lipinski definition) is 0. The quantitative estimate of drug-likeness (QED) is 0.816. The summed E-state index contributed by atoms with van der Waals surface area (Å²) in [6.07, 6.45) is 2.30. The average Bonchev–Trinajstić information content (AvgIpc) is 3.11. The second kappa shape index (κ2) is 7.64. The number of nitrogens with zero attached hydrogens (tertiary/aromatic N) is 2. The van der Waals surface area contributed by atoms with Gasteiger partial charge in [-0.05, 0) is 25.0 Å². The zero-order valence-corrected chi connectivity index (χ0v) is 14.7. The Labute approximate surface area is 155 Å². The van der Waals surface area contributed by atoms with Gasteiger partial charge in [0.25, 0.3) is 5.91 Å². The molecule has 1 amide bonds. The first kappa shape index (κ1) is 17.9. The summed E-state index contributed by atoms with van der Waals surface area (Å²) in [4.78, 5) is 19.0. The van der Waals surface area contributed by atoms with Crippen LogP contribution in [0.5, 0.6) is 5.75 Å². The summed E-state index contributed by atoms with van der Waals surface area (Å²) in [5.74, 6) is 1.28. The van der Waals surface area contributed by atoms with Gasteiger partial charge in [-0.15, -0.1) is 0 Å². The van der Waals surface area contributed by atoms with Gasteiger partial charge in [-0.2, -0.15) is 8.78 Å². The van der Waals surface area contributed by atoms with E-state index in [2.05, 4.69) is 9.72 Å². The summed E-state index contributed by atoms with van der Waals surface area (Å²) in [5.41, 5.74) is 0.859. The molecule has 1 fully saturated rings. The van der Waals surface area contributed by atoms with Crippen molar-refractivity contribution in [2.45, 2.75) is 38.3 Å². The van der Waals surface area contributed by atoms with Crippen molar-refractivity contribution in [1.29, 1.82) is 0 Å². The van der Waals surface area contributed by atoms with Gasteiger partial charge in [-0.25, -0.2) is 4.98 Å². The minimum absolute atomic E-state index is 0.119. The van der Waals surface area contributed by atoms with E-state index in [0.717, 1.165) is 24.3 Å². The summed E-state index contributed by atoms with van der Waals surface area (Å²) >= 11 is 0. The summed E-state index contributed by atoms with van der Waals surface area (Å²) in [6.45, 7) is -0.849. The molecule has 144 valence electrons. The third-order valence-corrected chi connectivity index (χ3v) is 4.94. The number of amides is 1. The van der Waals surface area contributed by atoms with Gasteiger partial charge in [0.05, 0.1) is 12.1 Å². The maximum atomic E-state index is 12.8. The number of fused-ring (bicyclic) bond motifs is 1. The monoisotopic (exact) mass is 378 g/mol. The molecule has 0 atom stereocenters. The van der Waals surface area contributed by atoms with E-state index in [0.29, 0.717) is 38.6 Å². The van der Waals surface area contributed by atoms with E-state index in [4.69, 9.17) is 9.15 Å². The molecule has 27 heavy (non-hydrogen) atoms. The first-order chi connectivity index (χ1) is 13.1. The number of carbonyl (C=O) groups is 1. The fourth-order valence-corrected chi connectivity index (χ4v) is 3.52. The van der Waals surface area contributed by atoms with E-state index in [1.165, 1.54) is 12.1 Å². The Morgan fingerprint density at radius 1 is 1.26 bits per heavy atom. The standard InChI is InChI=1S/C19H20F2N2O4/c20-19(21)27-15-4-2-1-3-13(15)18(24)23-8-5-16-14(11-23)22-17(26-16)12-6-9-25-10-7-12/h1-4,12,19H,5-11H2. The van der Waals surface area contributed by atoms with Gasteiger partial charge in [-0.3, -0.25) is 4.79 Å². The molecule has 0 spiro atoms. The van der Waals surface area contributed by atoms with Gasteiger partial charge < -0.3 is 18.8 Å². The fraction of sp³-hybridized carbons (Fsp3) is 0.474. The molecule has 2 aromatic rings. The van der Waals surface area contributed by atoms with Crippen LogP contribution in [0.3, 0.4) is 0 Å². The number of halogens is 2. The molecule has 0 aliphatic carbocycles. The van der Waals surface area contributed by atoms with Crippen LogP contribution in [-0.4, -0.2) is 42.2 Å². The van der Waals surface area contributed by atoms with Crippen molar-refractivity contribution in [2.75, 3.05) is 19.8 Å². The van der Waals surface area contributed by atoms with Gasteiger partial charge in [0.15, 0.2) is 5.89 Å². The molecular formula is C19H20F2N2O4. The average molecular weight is 378 g/mol. The van der Waals surface area contributed by atoms with Crippen LogP contribution in [0.4, 0.5) is 8.78 Å². The van der Waals surface area contributed by atoms with Gasteiger partial charge in [-0.1, -0.05) is 12.1 Å². The number of oxazole rings is 1. The normalized spacial score (nSPS) is 17.8. The Bertz CT molecular complexity index is 818. The van der Waals surface area contributed by atoms with Crippen LogP contribution < -0.4 is 4.74 Å². The topological polar surface area (TPSA) is 64.8 Å². The maximum absolute atomic E-state index is 12.8. The molecule has 8 heteroatoms. The van der Waals surface area contributed by atoms with E-state index >= 15 is 0 Å². The highest BCUT2D eigenvalue weighted by Gasteiger charge is 2.30. The van der Waals surface area contributed by atoms with Crippen LogP contribution >= 0.6 is 0 Å². The molecule has 0 bridgehead atoms. The second-order valence-corrected chi connectivity index (χ2v) is 6.66. The first-order valence-electron chi connectivity index (χ1n) is 9.01. The van der Waals surface area contributed by atoms with Crippen LogP contribution in [0.25, 0.3) is 0 Å². The Kier molecular flexibility index (Phi) is 5.07. The smallest absolute Gasteiger partial charge is 0.387 e. The first-order valence-corrected chi connectivity index (χ1v) is 9.01. The SMILES string of the molecule is O=C(c1ccccc1OC(F)F)N1CCc2oc(C3CCOCC3)nc2C1. The lowest BCUT2D eigenvalue weighted by atomic mass is 10.0. The van der Waals surface area contributed by atoms with Crippen LogP contribution in [0.2, 0.25) is 0 Å². The molecule has 1 saturated heterocycles. The predicted molar refractivity (Wildman–Crippen MR) is 90.8 cm³/mol. The maximum Gasteiger partial charge on any atom is 0.387 e. The number of carbonyl (C=O) groups excluding carboxylic acids is 1. The third-order valence-electron chi connectivity index (χ3n) is 4.94. The molecule has 1 aromatic heterocycles. The molecule has 0 unspecified atom stereocenters. The highest BCUT2D eigenvalue weighted by atomic mass is 19.3. The van der Waals surface area contributed by atoms with Crippen molar-refractivity contribution in [3.8, 4) is 5.75 Å². The molecule has 0 N–H and O–H groups in total. The number of alkyl halides is 2. The Hall–Kier alpha value is -2.48. The highest BCUT2D eigenvalue weighted by Crippen LogP contribution is 2.31. The van der Waals surface area contributed by atoms with Crippen molar-refractivity contribution in [3.05, 3.63) is 47.2 Å². The van der Waals surface area contributed by atoms with Crippen molar-refractivity contribution in [1.82, 2.24) is 9.88 Å². The summed E-state index contributed by atoms with van der Waals surface area (Å²) < 4.78 is 41.0. The van der Waals surface area contributed by atoms with E-state index in [-0.39, 0.29) is 23.1 Å². The van der Waals surface area contributed by atoms with Crippen LogP contribution in [-0.2, 0) is 17.7 Å². The van der Waals surface area contributed by atoms with Crippen molar-refractivity contribution in [2.24, 2.45) is 0 Å². The minimum Gasteiger partial charge on any atom is -0.445 e. The Balaban J connectivity index is 1.51. The fourth-order valence-electron chi connectivity index (χ4n) is 3.52. The van der Waals surface area contributed by atoms with Crippen LogP contribution in [0.1, 0.15) is 46.5 Å². The molecule has 0 saturated carbocycles. The van der Waals surface area contributed by atoms with Crippen LogP contribution in [0.15, 0.2) is 28.7 Å². The number of aromatic nitrogens is 1. The van der Waals surface area contributed by atoms with Crippen LogP contribution in [0, 0.1) is 0 Å². The lowest BCUT2D eigenvalue weighted by Gasteiger charge is -2.26. The number of rotatable bonds is 4. The van der Waals surface area contributed by atoms with Gasteiger partial charge in [0.1, 0.15) is 17.2 Å². The van der Waals surface area contributed by atoms with Crippen molar-refractivity contribution >= 4 is 5.91 Å². The summed E-state index contributed by atoms with van der Waals surface area (Å²) in [7, 11) is 0. The second-order valence-electron chi connectivity index (χ2n) is 6.66. The molecule has 3 heterocycles. The van der Waals surface area contributed by atoms with Gasteiger partial charge >= 0.3 is 6.61 Å². The van der Waals surface area contributed by atoms with Crippen molar-refractivity contribution < 1.29 is 27.5 Å². The molecule has 6 nitrogen and oxygen atoms in total. The largest absolute Gasteiger partial charge is 0.445 e. The zero-order chi connectivity index (χ0) is 18.8.